The van der Waals surface area contributed by atoms with Crippen LogP contribution < -0.4 is 11.3 Å². The van der Waals surface area contributed by atoms with Crippen LogP contribution >= 0.6 is 0 Å². The van der Waals surface area contributed by atoms with Crippen molar-refractivity contribution in [2.75, 3.05) is 0 Å². The molecule has 1 atom stereocenters. The summed E-state index contributed by atoms with van der Waals surface area (Å²) in [6, 6.07) is 0.516. The van der Waals surface area contributed by atoms with Crippen molar-refractivity contribution in [2.45, 2.75) is 77.7 Å². The van der Waals surface area contributed by atoms with E-state index in [4.69, 9.17) is 10.8 Å². The van der Waals surface area contributed by atoms with Crippen molar-refractivity contribution >= 4 is 5.84 Å². The second kappa shape index (κ2) is 6.05. The zero-order valence-corrected chi connectivity index (χ0v) is 12.0. The van der Waals surface area contributed by atoms with Crippen LogP contribution in [0.3, 0.4) is 0 Å². The van der Waals surface area contributed by atoms with Crippen LogP contribution in [0.5, 0.6) is 0 Å². The van der Waals surface area contributed by atoms with Gasteiger partial charge in [0.1, 0.15) is 5.84 Å². The summed E-state index contributed by atoms with van der Waals surface area (Å²) < 4.78 is 0. The van der Waals surface area contributed by atoms with Gasteiger partial charge in [-0.25, -0.2) is 5.84 Å². The molecule has 0 aromatic carbocycles. The Morgan fingerprint density at radius 1 is 1.06 bits per heavy atom. The molecule has 0 heterocycles. The van der Waals surface area contributed by atoms with Gasteiger partial charge in [0.15, 0.2) is 0 Å². The summed E-state index contributed by atoms with van der Waals surface area (Å²) in [5.41, 5.74) is 3.27. The van der Waals surface area contributed by atoms with E-state index in [9.17, 15) is 0 Å². The maximum Gasteiger partial charge on any atom is 0.114 e. The second-order valence-electron chi connectivity index (χ2n) is 6.74. The predicted molar refractivity (Wildman–Crippen MR) is 77.4 cm³/mol. The number of aliphatic imine (C=N–C) groups is 1. The monoisotopic (exact) mass is 251 g/mol. The molecule has 0 radical (unpaired) electrons. The number of hydrogen-bond donors (Lipinski definition) is 2. The van der Waals surface area contributed by atoms with Crippen LogP contribution in [-0.4, -0.2) is 11.9 Å². The summed E-state index contributed by atoms with van der Waals surface area (Å²) in [6.45, 7) is 4.73. The van der Waals surface area contributed by atoms with Crippen LogP contribution in [0.1, 0.15) is 71.6 Å². The lowest BCUT2D eigenvalue weighted by atomic mass is 9.68. The van der Waals surface area contributed by atoms with Crippen molar-refractivity contribution in [1.29, 1.82) is 0 Å². The number of nitrogens with two attached hydrogens (primary N) is 1. The van der Waals surface area contributed by atoms with Crippen molar-refractivity contribution < 1.29 is 0 Å². The third kappa shape index (κ3) is 3.25. The number of hydrazine groups is 1. The van der Waals surface area contributed by atoms with Crippen LogP contribution in [0.15, 0.2) is 4.99 Å². The SMILES string of the molecule is CC1(C)CCCCC1C(=NC1CCCCC1)NN. The Morgan fingerprint density at radius 3 is 2.33 bits per heavy atom. The average Bonchev–Trinajstić information content (AvgIpc) is 2.37. The lowest BCUT2D eigenvalue weighted by Crippen LogP contribution is -2.44. The van der Waals surface area contributed by atoms with E-state index in [2.05, 4.69) is 19.3 Å². The highest BCUT2D eigenvalue weighted by molar-refractivity contribution is 5.85. The first-order chi connectivity index (χ1) is 8.63. The van der Waals surface area contributed by atoms with E-state index in [1.54, 1.807) is 0 Å². The molecule has 2 aliphatic rings. The van der Waals surface area contributed by atoms with Gasteiger partial charge in [-0.15, -0.1) is 0 Å². The van der Waals surface area contributed by atoms with Gasteiger partial charge in [0.2, 0.25) is 0 Å². The Balaban J connectivity index is 2.08. The summed E-state index contributed by atoms with van der Waals surface area (Å²) in [5, 5.41) is 0. The van der Waals surface area contributed by atoms with Gasteiger partial charge in [0.25, 0.3) is 0 Å². The number of amidine groups is 1. The van der Waals surface area contributed by atoms with Crippen molar-refractivity contribution in [3.8, 4) is 0 Å². The molecule has 0 bridgehead atoms. The lowest BCUT2D eigenvalue weighted by molar-refractivity contribution is 0.188. The van der Waals surface area contributed by atoms with E-state index in [1.165, 1.54) is 57.8 Å². The lowest BCUT2D eigenvalue weighted by Gasteiger charge is -2.39. The topological polar surface area (TPSA) is 50.4 Å². The summed E-state index contributed by atoms with van der Waals surface area (Å²) in [7, 11) is 0. The molecule has 2 saturated carbocycles. The normalized spacial score (nSPS) is 30.2. The molecule has 0 saturated heterocycles. The van der Waals surface area contributed by atoms with Crippen LogP contribution in [-0.2, 0) is 0 Å². The van der Waals surface area contributed by atoms with Crippen LogP contribution in [0.25, 0.3) is 0 Å². The Morgan fingerprint density at radius 2 is 1.72 bits per heavy atom. The molecule has 2 aliphatic carbocycles. The third-order valence-electron chi connectivity index (χ3n) is 4.88. The standard InChI is InChI=1S/C15H29N3/c1-15(2)11-7-6-10-13(15)14(18-16)17-12-8-4-3-5-9-12/h12-13H,3-11,16H2,1-2H3,(H,17,18). The van der Waals surface area contributed by atoms with Gasteiger partial charge in [0, 0.05) is 5.92 Å². The van der Waals surface area contributed by atoms with E-state index in [-0.39, 0.29) is 0 Å². The Kier molecular flexibility index (Phi) is 4.66. The smallest absolute Gasteiger partial charge is 0.114 e. The van der Waals surface area contributed by atoms with Crippen LogP contribution in [0.2, 0.25) is 0 Å². The van der Waals surface area contributed by atoms with Crippen LogP contribution in [0, 0.1) is 11.3 Å². The maximum absolute atomic E-state index is 5.76. The molecular weight excluding hydrogens is 222 g/mol. The minimum atomic E-state index is 0.345. The van der Waals surface area contributed by atoms with Gasteiger partial charge in [-0.1, -0.05) is 46.0 Å². The minimum Gasteiger partial charge on any atom is -0.312 e. The first-order valence-electron chi connectivity index (χ1n) is 7.68. The molecule has 18 heavy (non-hydrogen) atoms. The van der Waals surface area contributed by atoms with Gasteiger partial charge in [-0.2, -0.15) is 0 Å². The molecule has 104 valence electrons. The fourth-order valence-electron chi connectivity index (χ4n) is 3.64. The number of rotatable bonds is 2. The third-order valence-corrected chi connectivity index (χ3v) is 4.88. The van der Waals surface area contributed by atoms with Crippen molar-refractivity contribution in [3.05, 3.63) is 0 Å². The average molecular weight is 251 g/mol. The van der Waals surface area contributed by atoms with E-state index < -0.39 is 0 Å². The number of nitrogens with one attached hydrogen (secondary N) is 1. The molecule has 0 aliphatic heterocycles. The molecular formula is C15H29N3. The van der Waals surface area contributed by atoms with E-state index in [0.717, 1.165) is 5.84 Å². The summed E-state index contributed by atoms with van der Waals surface area (Å²) in [6.07, 6.45) is 11.7. The zero-order chi connectivity index (χ0) is 13.0. The second-order valence-corrected chi connectivity index (χ2v) is 6.74. The largest absolute Gasteiger partial charge is 0.312 e. The summed E-state index contributed by atoms with van der Waals surface area (Å²) in [5.74, 6) is 7.36. The van der Waals surface area contributed by atoms with Gasteiger partial charge < -0.3 is 5.43 Å². The van der Waals surface area contributed by atoms with Gasteiger partial charge in [-0.05, 0) is 31.1 Å². The minimum absolute atomic E-state index is 0.345. The number of hydrogen-bond acceptors (Lipinski definition) is 2. The first-order valence-corrected chi connectivity index (χ1v) is 7.68. The molecule has 0 aromatic rings. The predicted octanol–water partition coefficient (Wildman–Crippen LogP) is 3.40. The first kappa shape index (κ1) is 13.9. The molecule has 2 rings (SSSR count). The van der Waals surface area contributed by atoms with Gasteiger partial charge in [0.05, 0.1) is 6.04 Å². The van der Waals surface area contributed by atoms with Gasteiger partial charge in [-0.3, -0.25) is 4.99 Å². The maximum atomic E-state index is 5.76. The highest BCUT2D eigenvalue weighted by atomic mass is 15.3. The highest BCUT2D eigenvalue weighted by Crippen LogP contribution is 2.41. The quantitative estimate of drug-likeness (QED) is 0.342. The van der Waals surface area contributed by atoms with E-state index >= 15 is 0 Å². The Bertz CT molecular complexity index is 290. The summed E-state index contributed by atoms with van der Waals surface area (Å²) >= 11 is 0. The van der Waals surface area contributed by atoms with E-state index in [1.807, 2.05) is 0 Å². The molecule has 0 aromatic heterocycles. The molecule has 1 unspecified atom stereocenters. The van der Waals surface area contributed by atoms with Crippen molar-refractivity contribution in [1.82, 2.24) is 5.43 Å². The highest BCUT2D eigenvalue weighted by Gasteiger charge is 2.35. The fourth-order valence-corrected chi connectivity index (χ4v) is 3.64. The van der Waals surface area contributed by atoms with Crippen LogP contribution in [0.4, 0.5) is 0 Å². The zero-order valence-electron chi connectivity index (χ0n) is 12.0. The Labute approximate surface area is 112 Å². The summed E-state index contributed by atoms with van der Waals surface area (Å²) in [4.78, 5) is 4.95. The molecule has 3 heteroatoms. The number of nitrogens with zero attached hydrogens (tertiary/aromatic N) is 1. The van der Waals surface area contributed by atoms with Crippen molar-refractivity contribution in [2.24, 2.45) is 22.2 Å². The molecule has 0 spiro atoms. The van der Waals surface area contributed by atoms with E-state index in [0.29, 0.717) is 17.4 Å². The van der Waals surface area contributed by atoms with Gasteiger partial charge >= 0.3 is 0 Å². The molecule has 3 N–H and O–H groups in total. The Hall–Kier alpha value is -0.570. The molecule has 0 amide bonds. The van der Waals surface area contributed by atoms with Crippen molar-refractivity contribution in [3.63, 3.8) is 0 Å². The molecule has 3 nitrogen and oxygen atoms in total. The fraction of sp³-hybridized carbons (Fsp3) is 0.933. The molecule has 2 fully saturated rings.